The molecule has 0 aliphatic carbocycles. The van der Waals surface area contributed by atoms with Crippen LogP contribution >= 0.6 is 23.2 Å². The molecule has 6 heteroatoms. The van der Waals surface area contributed by atoms with Crippen LogP contribution in [0.4, 0.5) is 0 Å². The summed E-state index contributed by atoms with van der Waals surface area (Å²) in [6.45, 7) is 6.15. The van der Waals surface area contributed by atoms with E-state index < -0.39 is 10.0 Å². The molecule has 114 valence electrons. The molecule has 3 nitrogen and oxygen atoms in total. The number of nitrogens with one attached hydrogen (secondary N) is 1. The van der Waals surface area contributed by atoms with Crippen LogP contribution in [0.15, 0.2) is 23.1 Å². The fourth-order valence-corrected chi connectivity index (χ4v) is 4.38. The first-order valence-electron chi connectivity index (χ1n) is 6.70. The highest BCUT2D eigenvalue weighted by Gasteiger charge is 2.23. The van der Waals surface area contributed by atoms with E-state index in [9.17, 15) is 8.42 Å². The topological polar surface area (TPSA) is 46.2 Å². The van der Waals surface area contributed by atoms with Crippen molar-refractivity contribution in [3.63, 3.8) is 0 Å². The van der Waals surface area contributed by atoms with E-state index in [2.05, 4.69) is 18.6 Å². The van der Waals surface area contributed by atoms with Gasteiger partial charge < -0.3 is 0 Å². The van der Waals surface area contributed by atoms with E-state index in [0.29, 0.717) is 5.92 Å². The molecule has 0 saturated carbocycles. The summed E-state index contributed by atoms with van der Waals surface area (Å²) in [6, 6.07) is 4.51. The van der Waals surface area contributed by atoms with Gasteiger partial charge in [-0.3, -0.25) is 0 Å². The highest BCUT2D eigenvalue weighted by atomic mass is 35.5. The van der Waals surface area contributed by atoms with Crippen LogP contribution in [0.2, 0.25) is 10.0 Å². The summed E-state index contributed by atoms with van der Waals surface area (Å²) < 4.78 is 27.2. The lowest BCUT2D eigenvalue weighted by Crippen LogP contribution is -2.33. The standard InChI is InChI=1S/C14H21Cl2NO2S/c1-10(2)6-4-7-11(3)17-20(18,19)14-12(15)8-5-9-13(14)16/h5,8-11,17H,4,6-7H2,1-3H3/t11-/m0/s1. The lowest BCUT2D eigenvalue weighted by Gasteiger charge is -2.16. The van der Waals surface area contributed by atoms with Gasteiger partial charge in [0.15, 0.2) is 0 Å². The highest BCUT2D eigenvalue weighted by molar-refractivity contribution is 7.89. The molecule has 0 radical (unpaired) electrons. The molecule has 0 bridgehead atoms. The monoisotopic (exact) mass is 337 g/mol. The van der Waals surface area contributed by atoms with Gasteiger partial charge in [0.25, 0.3) is 0 Å². The summed E-state index contributed by atoms with van der Waals surface area (Å²) in [5.41, 5.74) is 0. The van der Waals surface area contributed by atoms with Gasteiger partial charge in [0, 0.05) is 6.04 Å². The minimum absolute atomic E-state index is 0.0426. The zero-order valence-electron chi connectivity index (χ0n) is 12.0. The third kappa shape index (κ3) is 5.24. The van der Waals surface area contributed by atoms with Gasteiger partial charge in [0.2, 0.25) is 10.0 Å². The molecule has 0 aliphatic rings. The Bertz CT molecular complexity index is 524. The van der Waals surface area contributed by atoms with E-state index in [4.69, 9.17) is 23.2 Å². The normalized spacial score (nSPS) is 13.7. The second-order valence-corrected chi connectivity index (χ2v) is 7.86. The van der Waals surface area contributed by atoms with E-state index in [1.807, 2.05) is 6.92 Å². The number of rotatable bonds is 7. The van der Waals surface area contributed by atoms with Gasteiger partial charge in [-0.1, -0.05) is 56.0 Å². The van der Waals surface area contributed by atoms with Gasteiger partial charge in [-0.2, -0.15) is 0 Å². The molecule has 0 saturated heterocycles. The summed E-state index contributed by atoms with van der Waals surface area (Å²) in [6.07, 6.45) is 2.86. The Morgan fingerprint density at radius 3 is 2.15 bits per heavy atom. The first-order valence-corrected chi connectivity index (χ1v) is 8.94. The van der Waals surface area contributed by atoms with Crippen molar-refractivity contribution in [1.82, 2.24) is 4.72 Å². The predicted octanol–water partition coefficient (Wildman–Crippen LogP) is 4.49. The van der Waals surface area contributed by atoms with Crippen LogP contribution in [0.3, 0.4) is 0 Å². The van der Waals surface area contributed by atoms with Crippen LogP contribution in [0, 0.1) is 5.92 Å². The maximum atomic E-state index is 12.3. The third-order valence-electron chi connectivity index (χ3n) is 2.96. The zero-order chi connectivity index (χ0) is 15.3. The summed E-state index contributed by atoms with van der Waals surface area (Å²) >= 11 is 11.9. The molecule has 0 spiro atoms. The fourth-order valence-electron chi connectivity index (χ4n) is 1.95. The third-order valence-corrected chi connectivity index (χ3v) is 5.51. The number of halogens is 2. The summed E-state index contributed by atoms with van der Waals surface area (Å²) in [7, 11) is -3.69. The first-order chi connectivity index (χ1) is 9.24. The maximum Gasteiger partial charge on any atom is 0.243 e. The van der Waals surface area contributed by atoms with Gasteiger partial charge in [-0.15, -0.1) is 0 Å². The Kier molecular flexibility index (Phi) is 6.79. The van der Waals surface area contributed by atoms with Crippen molar-refractivity contribution in [2.75, 3.05) is 0 Å². The van der Waals surface area contributed by atoms with Crippen LogP contribution in [0.5, 0.6) is 0 Å². The Hall–Kier alpha value is -0.290. The maximum absolute atomic E-state index is 12.3. The van der Waals surface area contributed by atoms with Crippen molar-refractivity contribution in [3.8, 4) is 0 Å². The molecule has 20 heavy (non-hydrogen) atoms. The van der Waals surface area contributed by atoms with Gasteiger partial charge >= 0.3 is 0 Å². The number of sulfonamides is 1. The molecule has 0 amide bonds. The largest absolute Gasteiger partial charge is 0.243 e. The molecular weight excluding hydrogens is 317 g/mol. The van der Waals surface area contributed by atoms with Crippen molar-refractivity contribution in [2.45, 2.75) is 51.0 Å². The molecule has 1 aromatic rings. The van der Waals surface area contributed by atoms with Crippen molar-refractivity contribution in [2.24, 2.45) is 5.92 Å². The Balaban J connectivity index is 2.75. The molecule has 0 aromatic heterocycles. The van der Waals surface area contributed by atoms with Gasteiger partial charge in [-0.25, -0.2) is 13.1 Å². The quantitative estimate of drug-likeness (QED) is 0.796. The predicted molar refractivity (Wildman–Crippen MR) is 84.9 cm³/mol. The Morgan fingerprint density at radius 2 is 1.65 bits per heavy atom. The molecule has 1 rings (SSSR count). The van der Waals surface area contributed by atoms with Crippen molar-refractivity contribution < 1.29 is 8.42 Å². The molecule has 1 N–H and O–H groups in total. The van der Waals surface area contributed by atoms with Crippen LogP contribution in [0.1, 0.15) is 40.0 Å². The highest BCUT2D eigenvalue weighted by Crippen LogP contribution is 2.29. The molecular formula is C14H21Cl2NO2S. The van der Waals surface area contributed by atoms with E-state index in [-0.39, 0.29) is 21.0 Å². The molecule has 1 aromatic carbocycles. The molecule has 0 aliphatic heterocycles. The minimum Gasteiger partial charge on any atom is -0.208 e. The van der Waals surface area contributed by atoms with Crippen LogP contribution < -0.4 is 4.72 Å². The van der Waals surface area contributed by atoms with Crippen molar-refractivity contribution in [1.29, 1.82) is 0 Å². The Morgan fingerprint density at radius 1 is 1.10 bits per heavy atom. The first kappa shape index (κ1) is 17.8. The van der Waals surface area contributed by atoms with Crippen LogP contribution in [0.25, 0.3) is 0 Å². The average molecular weight is 338 g/mol. The number of hydrogen-bond acceptors (Lipinski definition) is 2. The van der Waals surface area contributed by atoms with E-state index in [1.54, 1.807) is 6.07 Å². The average Bonchev–Trinajstić information content (AvgIpc) is 2.26. The van der Waals surface area contributed by atoms with E-state index >= 15 is 0 Å². The van der Waals surface area contributed by atoms with Crippen molar-refractivity contribution >= 4 is 33.2 Å². The smallest absolute Gasteiger partial charge is 0.208 e. The van der Waals surface area contributed by atoms with Gasteiger partial charge in [0.05, 0.1) is 10.0 Å². The zero-order valence-corrected chi connectivity index (χ0v) is 14.3. The Labute approximate surface area is 131 Å². The lowest BCUT2D eigenvalue weighted by molar-refractivity contribution is 0.488. The fraction of sp³-hybridized carbons (Fsp3) is 0.571. The van der Waals surface area contributed by atoms with Crippen LogP contribution in [-0.2, 0) is 10.0 Å². The van der Waals surface area contributed by atoms with E-state index in [0.717, 1.165) is 19.3 Å². The second kappa shape index (κ2) is 7.64. The molecule has 0 heterocycles. The van der Waals surface area contributed by atoms with Gasteiger partial charge in [0.1, 0.15) is 4.90 Å². The molecule has 0 fully saturated rings. The number of benzene rings is 1. The van der Waals surface area contributed by atoms with Crippen molar-refractivity contribution in [3.05, 3.63) is 28.2 Å². The van der Waals surface area contributed by atoms with Crippen LogP contribution in [-0.4, -0.2) is 14.5 Å². The summed E-state index contributed by atoms with van der Waals surface area (Å²) in [5.74, 6) is 0.622. The number of hydrogen-bond donors (Lipinski definition) is 1. The molecule has 1 atom stereocenters. The van der Waals surface area contributed by atoms with E-state index in [1.165, 1.54) is 12.1 Å². The minimum atomic E-state index is -3.69. The molecule has 0 unspecified atom stereocenters. The second-order valence-electron chi connectivity index (χ2n) is 5.40. The summed E-state index contributed by atoms with van der Waals surface area (Å²) in [5, 5.41) is 0.277. The lowest BCUT2D eigenvalue weighted by atomic mass is 10.0. The SMILES string of the molecule is CC(C)CCC[C@H](C)NS(=O)(=O)c1c(Cl)cccc1Cl. The summed E-state index contributed by atoms with van der Waals surface area (Å²) in [4.78, 5) is -0.0426. The van der Waals surface area contributed by atoms with Gasteiger partial charge in [-0.05, 0) is 31.4 Å².